The van der Waals surface area contributed by atoms with E-state index in [0.717, 1.165) is 10.2 Å². The average molecular weight is 378 g/mol. The van der Waals surface area contributed by atoms with Crippen LogP contribution >= 0.6 is 23.1 Å². The highest BCUT2D eigenvalue weighted by Gasteiger charge is 2.30. The number of amides is 1. The Kier molecular flexibility index (Phi) is 6.33. The number of rotatable bonds is 7. The van der Waals surface area contributed by atoms with Crippen LogP contribution in [0.2, 0.25) is 0 Å². The van der Waals surface area contributed by atoms with Gasteiger partial charge in [0.1, 0.15) is 21.7 Å². The molecule has 0 unspecified atom stereocenters. The van der Waals surface area contributed by atoms with Gasteiger partial charge in [0, 0.05) is 5.39 Å². The molecule has 0 aliphatic rings. The van der Waals surface area contributed by atoms with E-state index in [9.17, 15) is 14.9 Å². The molecule has 2 rings (SSSR count). The zero-order chi connectivity index (χ0) is 18.4. The van der Waals surface area contributed by atoms with Crippen molar-refractivity contribution < 1.29 is 14.3 Å². The van der Waals surface area contributed by atoms with E-state index in [2.05, 4.69) is 21.4 Å². The predicted octanol–water partition coefficient (Wildman–Crippen LogP) is 2.38. The predicted molar refractivity (Wildman–Crippen MR) is 96.1 cm³/mol. The van der Waals surface area contributed by atoms with Gasteiger partial charge in [-0.25, -0.2) is 9.97 Å². The number of aromatic nitrogens is 2. The fourth-order valence-corrected chi connectivity index (χ4v) is 3.40. The van der Waals surface area contributed by atoms with Crippen molar-refractivity contribution in [1.82, 2.24) is 15.3 Å². The second kappa shape index (κ2) is 8.27. The lowest BCUT2D eigenvalue weighted by atomic mass is 9.90. The Morgan fingerprint density at radius 2 is 2.24 bits per heavy atom. The van der Waals surface area contributed by atoms with Gasteiger partial charge in [0.15, 0.2) is 6.61 Å². The molecule has 0 radical (unpaired) electrons. The van der Waals surface area contributed by atoms with Crippen LogP contribution in [0.15, 0.2) is 22.8 Å². The van der Waals surface area contributed by atoms with E-state index >= 15 is 0 Å². The van der Waals surface area contributed by atoms with Gasteiger partial charge in [-0.15, -0.1) is 11.3 Å². The summed E-state index contributed by atoms with van der Waals surface area (Å²) >= 11 is 2.73. The van der Waals surface area contributed by atoms with Crippen LogP contribution in [0.5, 0.6) is 0 Å². The van der Waals surface area contributed by atoms with Crippen LogP contribution in [0.25, 0.3) is 10.2 Å². The van der Waals surface area contributed by atoms with Crippen LogP contribution in [0, 0.1) is 17.2 Å². The lowest BCUT2D eigenvalue weighted by Crippen LogP contribution is -2.50. The minimum Gasteiger partial charge on any atom is -0.455 e. The smallest absolute Gasteiger partial charge is 0.316 e. The molecule has 0 saturated carbocycles. The molecule has 0 bridgehead atoms. The molecule has 1 N–H and O–H groups in total. The molecule has 2 aromatic rings. The van der Waals surface area contributed by atoms with Gasteiger partial charge >= 0.3 is 5.97 Å². The minimum absolute atomic E-state index is 0.0366. The standard InChI is InChI=1S/C16H18N4O3S2/c1-10(2)16(3,8-17)20-12(21)6-23-13(22)7-25-15-11-4-5-24-14(11)18-9-19-15/h4-5,9-10H,6-7H2,1-3H3,(H,20,21)/t16-/m0/s1. The summed E-state index contributed by atoms with van der Waals surface area (Å²) in [6, 6.07) is 3.97. The van der Waals surface area contributed by atoms with Crippen molar-refractivity contribution >= 4 is 45.2 Å². The van der Waals surface area contributed by atoms with Crippen molar-refractivity contribution in [2.24, 2.45) is 5.92 Å². The van der Waals surface area contributed by atoms with Crippen molar-refractivity contribution in [3.63, 3.8) is 0 Å². The molecule has 7 nitrogen and oxygen atoms in total. The van der Waals surface area contributed by atoms with E-state index in [1.165, 1.54) is 29.4 Å². The first-order valence-electron chi connectivity index (χ1n) is 7.54. The molecular weight excluding hydrogens is 360 g/mol. The molecule has 0 saturated heterocycles. The molecule has 0 aliphatic carbocycles. The van der Waals surface area contributed by atoms with Crippen LogP contribution in [-0.4, -0.2) is 39.7 Å². The first-order chi connectivity index (χ1) is 11.9. The summed E-state index contributed by atoms with van der Waals surface area (Å²) in [5.41, 5.74) is -0.996. The highest BCUT2D eigenvalue weighted by atomic mass is 32.2. The fraction of sp³-hybridized carbons (Fsp3) is 0.438. The van der Waals surface area contributed by atoms with Gasteiger partial charge in [0.05, 0.1) is 11.8 Å². The zero-order valence-electron chi connectivity index (χ0n) is 14.1. The number of thiophene rings is 1. The van der Waals surface area contributed by atoms with E-state index in [4.69, 9.17) is 4.74 Å². The van der Waals surface area contributed by atoms with Crippen LogP contribution in [-0.2, 0) is 14.3 Å². The lowest BCUT2D eigenvalue weighted by molar-refractivity contribution is -0.146. The Bertz CT molecular complexity index is 815. The summed E-state index contributed by atoms with van der Waals surface area (Å²) in [6.07, 6.45) is 1.45. The molecule has 0 aliphatic heterocycles. The third-order valence-electron chi connectivity index (χ3n) is 3.70. The normalized spacial score (nSPS) is 13.2. The van der Waals surface area contributed by atoms with Crippen molar-refractivity contribution in [1.29, 1.82) is 5.26 Å². The summed E-state index contributed by atoms with van der Waals surface area (Å²) in [6.45, 7) is 4.88. The Morgan fingerprint density at radius 1 is 1.48 bits per heavy atom. The topological polar surface area (TPSA) is 105 Å². The molecular formula is C16H18N4O3S2. The monoisotopic (exact) mass is 378 g/mol. The maximum Gasteiger partial charge on any atom is 0.316 e. The average Bonchev–Trinajstić information content (AvgIpc) is 3.07. The first kappa shape index (κ1) is 19.1. The lowest BCUT2D eigenvalue weighted by Gasteiger charge is -2.27. The van der Waals surface area contributed by atoms with Gasteiger partial charge in [0.2, 0.25) is 0 Å². The van der Waals surface area contributed by atoms with Crippen molar-refractivity contribution in [2.45, 2.75) is 31.3 Å². The van der Waals surface area contributed by atoms with Crippen LogP contribution in [0.3, 0.4) is 0 Å². The number of ether oxygens (including phenoxy) is 1. The molecule has 0 fully saturated rings. The van der Waals surface area contributed by atoms with Gasteiger partial charge in [-0.05, 0) is 24.3 Å². The van der Waals surface area contributed by atoms with E-state index in [1.807, 2.05) is 25.3 Å². The Labute approximate surface area is 153 Å². The quantitative estimate of drug-likeness (QED) is 0.448. The highest BCUT2D eigenvalue weighted by molar-refractivity contribution is 8.00. The zero-order valence-corrected chi connectivity index (χ0v) is 15.7. The number of fused-ring (bicyclic) bond motifs is 1. The van der Waals surface area contributed by atoms with E-state index in [0.29, 0.717) is 5.03 Å². The Morgan fingerprint density at radius 3 is 2.92 bits per heavy atom. The number of hydrogen-bond donors (Lipinski definition) is 1. The number of thioether (sulfide) groups is 1. The van der Waals surface area contributed by atoms with E-state index < -0.39 is 24.0 Å². The largest absolute Gasteiger partial charge is 0.455 e. The summed E-state index contributed by atoms with van der Waals surface area (Å²) in [5, 5.41) is 15.3. The van der Waals surface area contributed by atoms with Gasteiger partial charge in [-0.2, -0.15) is 5.26 Å². The fourth-order valence-electron chi connectivity index (χ4n) is 1.82. The van der Waals surface area contributed by atoms with E-state index in [1.54, 1.807) is 6.92 Å². The molecule has 1 amide bonds. The summed E-state index contributed by atoms with van der Waals surface area (Å²) < 4.78 is 4.97. The molecule has 25 heavy (non-hydrogen) atoms. The highest BCUT2D eigenvalue weighted by Crippen LogP contribution is 2.27. The van der Waals surface area contributed by atoms with Crippen molar-refractivity contribution in [3.05, 3.63) is 17.8 Å². The van der Waals surface area contributed by atoms with Crippen LogP contribution in [0.4, 0.5) is 0 Å². The van der Waals surface area contributed by atoms with Crippen molar-refractivity contribution in [2.75, 3.05) is 12.4 Å². The van der Waals surface area contributed by atoms with Gasteiger partial charge in [-0.3, -0.25) is 9.59 Å². The van der Waals surface area contributed by atoms with Gasteiger partial charge in [-0.1, -0.05) is 25.6 Å². The van der Waals surface area contributed by atoms with Crippen LogP contribution < -0.4 is 5.32 Å². The molecule has 0 aromatic carbocycles. The number of carbonyl (C=O) groups excluding carboxylic acids is 2. The second-order valence-corrected chi connectivity index (χ2v) is 7.64. The SMILES string of the molecule is CC(C)[C@](C)(C#N)NC(=O)COC(=O)CSc1ncnc2sccc12. The number of nitrogens with zero attached hydrogens (tertiary/aromatic N) is 3. The molecule has 2 heterocycles. The Balaban J connectivity index is 1.82. The number of hydrogen-bond acceptors (Lipinski definition) is 8. The van der Waals surface area contributed by atoms with E-state index in [-0.39, 0.29) is 11.7 Å². The molecule has 2 aromatic heterocycles. The molecule has 132 valence electrons. The third-order valence-corrected chi connectivity index (χ3v) is 5.50. The van der Waals surface area contributed by atoms with Crippen molar-refractivity contribution in [3.8, 4) is 6.07 Å². The number of nitriles is 1. The molecule has 9 heteroatoms. The maximum absolute atomic E-state index is 11.9. The number of nitrogens with one attached hydrogen (secondary N) is 1. The first-order valence-corrected chi connectivity index (χ1v) is 9.41. The summed E-state index contributed by atoms with van der Waals surface area (Å²) in [4.78, 5) is 32.9. The van der Waals surface area contributed by atoms with Gasteiger partial charge in [0.25, 0.3) is 5.91 Å². The van der Waals surface area contributed by atoms with Gasteiger partial charge < -0.3 is 10.1 Å². The minimum atomic E-state index is -0.996. The number of esters is 1. The second-order valence-electron chi connectivity index (χ2n) is 5.78. The third kappa shape index (κ3) is 4.90. The Hall–Kier alpha value is -2.18. The molecule has 1 atom stereocenters. The maximum atomic E-state index is 11.9. The number of carbonyl (C=O) groups is 2. The molecule has 0 spiro atoms. The summed E-state index contributed by atoms with van der Waals surface area (Å²) in [5.74, 6) is -1.06. The summed E-state index contributed by atoms with van der Waals surface area (Å²) in [7, 11) is 0. The van der Waals surface area contributed by atoms with Crippen LogP contribution in [0.1, 0.15) is 20.8 Å².